The minimum Gasteiger partial charge on any atom is -0.493 e. The number of hydrogen-bond donors (Lipinski definition) is 4. The Labute approximate surface area is 254 Å². The van der Waals surface area contributed by atoms with Gasteiger partial charge >= 0.3 is 0 Å². The standard InChI is InChI=1S/C33H45N5O5/c1-23(2)19-27-32(41)34-15-8-18-43-29-10-5-4-9-26(29)31(40)37-28(20-30(39)36-27)33(42)35-21-24-11-13-25(14-12-24)22-38-16-6-3-7-17-38/h4-5,9-14,23,27-28H,3,6-8,15-22H2,1-2H3,(H,34,41)(H,35,42)(H,36,39)(H,37,40)/t27-,28+/m1/s1. The highest BCUT2D eigenvalue weighted by Gasteiger charge is 2.28. The summed E-state index contributed by atoms with van der Waals surface area (Å²) in [6.07, 6.45) is 4.42. The largest absolute Gasteiger partial charge is 0.493 e. The average Bonchev–Trinajstić information content (AvgIpc) is 3.00. The van der Waals surface area contributed by atoms with E-state index in [2.05, 4.69) is 38.3 Å². The first-order valence-corrected chi connectivity index (χ1v) is 15.5. The van der Waals surface area contributed by atoms with Crippen LogP contribution in [0.5, 0.6) is 5.75 Å². The summed E-state index contributed by atoms with van der Waals surface area (Å²) in [5, 5.41) is 11.3. The highest BCUT2D eigenvalue weighted by Crippen LogP contribution is 2.19. The number of hydrogen-bond acceptors (Lipinski definition) is 6. The van der Waals surface area contributed by atoms with Crippen LogP contribution in [0, 0.1) is 5.92 Å². The first kappa shape index (κ1) is 32.0. The Hall–Kier alpha value is -3.92. The van der Waals surface area contributed by atoms with E-state index in [1.54, 1.807) is 24.3 Å². The summed E-state index contributed by atoms with van der Waals surface area (Å²) >= 11 is 0. The van der Waals surface area contributed by atoms with Gasteiger partial charge in [-0.3, -0.25) is 24.1 Å². The van der Waals surface area contributed by atoms with Crippen molar-refractivity contribution in [1.29, 1.82) is 0 Å². The maximum atomic E-state index is 13.4. The first-order chi connectivity index (χ1) is 20.8. The van der Waals surface area contributed by atoms with Crippen LogP contribution < -0.4 is 26.0 Å². The fraction of sp³-hybridized carbons (Fsp3) is 0.515. The zero-order valence-electron chi connectivity index (χ0n) is 25.3. The monoisotopic (exact) mass is 591 g/mol. The lowest BCUT2D eigenvalue weighted by molar-refractivity contribution is -0.131. The molecule has 0 aromatic heterocycles. The third kappa shape index (κ3) is 10.1. The Morgan fingerprint density at radius 2 is 1.67 bits per heavy atom. The molecule has 0 unspecified atom stereocenters. The predicted molar refractivity (Wildman–Crippen MR) is 164 cm³/mol. The minimum absolute atomic E-state index is 0.154. The topological polar surface area (TPSA) is 129 Å². The quantitative estimate of drug-likeness (QED) is 0.392. The molecule has 4 rings (SSSR count). The first-order valence-electron chi connectivity index (χ1n) is 15.5. The number of nitrogens with one attached hydrogen (secondary N) is 4. The van der Waals surface area contributed by atoms with Crippen LogP contribution in [0.15, 0.2) is 48.5 Å². The summed E-state index contributed by atoms with van der Waals surface area (Å²) in [7, 11) is 0. The van der Waals surface area contributed by atoms with Crippen molar-refractivity contribution in [3.8, 4) is 5.75 Å². The van der Waals surface area contributed by atoms with E-state index in [1.165, 1.54) is 24.8 Å². The van der Waals surface area contributed by atoms with Crippen molar-refractivity contribution in [3.63, 3.8) is 0 Å². The average molecular weight is 592 g/mol. The predicted octanol–water partition coefficient (Wildman–Crippen LogP) is 2.91. The van der Waals surface area contributed by atoms with Crippen molar-refractivity contribution in [3.05, 3.63) is 65.2 Å². The van der Waals surface area contributed by atoms with Crippen LogP contribution in [-0.2, 0) is 27.5 Å². The lowest BCUT2D eigenvalue weighted by Crippen LogP contribution is -2.52. The van der Waals surface area contributed by atoms with Gasteiger partial charge in [-0.2, -0.15) is 0 Å². The maximum absolute atomic E-state index is 13.4. The molecule has 2 atom stereocenters. The van der Waals surface area contributed by atoms with E-state index in [0.717, 1.165) is 25.2 Å². The zero-order valence-corrected chi connectivity index (χ0v) is 25.3. The van der Waals surface area contributed by atoms with E-state index in [-0.39, 0.29) is 37.0 Å². The smallest absolute Gasteiger partial charge is 0.255 e. The molecule has 2 heterocycles. The molecule has 1 saturated heterocycles. The van der Waals surface area contributed by atoms with Gasteiger partial charge in [0.25, 0.3) is 5.91 Å². The Balaban J connectivity index is 1.46. The molecule has 0 bridgehead atoms. The number of fused-ring (bicyclic) bond motifs is 1. The van der Waals surface area contributed by atoms with Crippen LogP contribution in [0.25, 0.3) is 0 Å². The summed E-state index contributed by atoms with van der Waals surface area (Å²) in [6.45, 7) is 7.99. The molecule has 232 valence electrons. The number of ether oxygens (including phenoxy) is 1. The second-order valence-electron chi connectivity index (χ2n) is 11.8. The molecule has 10 nitrogen and oxygen atoms in total. The molecule has 1 fully saturated rings. The Morgan fingerprint density at radius 1 is 0.953 bits per heavy atom. The van der Waals surface area contributed by atoms with E-state index in [9.17, 15) is 19.2 Å². The lowest BCUT2D eigenvalue weighted by atomic mass is 10.0. The fourth-order valence-corrected chi connectivity index (χ4v) is 5.41. The van der Waals surface area contributed by atoms with Gasteiger partial charge in [0, 0.05) is 19.6 Å². The second-order valence-corrected chi connectivity index (χ2v) is 11.8. The Kier molecular flexibility index (Phi) is 12.0. The van der Waals surface area contributed by atoms with Crippen molar-refractivity contribution in [1.82, 2.24) is 26.2 Å². The van der Waals surface area contributed by atoms with Gasteiger partial charge in [-0.05, 0) is 68.0 Å². The number of para-hydroxylation sites is 1. The van der Waals surface area contributed by atoms with Crippen LogP contribution in [0.1, 0.15) is 73.9 Å². The summed E-state index contributed by atoms with van der Waals surface area (Å²) in [5.41, 5.74) is 2.40. The molecule has 0 aliphatic carbocycles. The third-order valence-corrected chi connectivity index (χ3v) is 7.72. The summed E-state index contributed by atoms with van der Waals surface area (Å²) in [6, 6.07) is 13.0. The molecule has 0 spiro atoms. The van der Waals surface area contributed by atoms with E-state index in [1.807, 2.05) is 26.0 Å². The van der Waals surface area contributed by atoms with Crippen molar-refractivity contribution in [2.75, 3.05) is 26.2 Å². The number of carbonyl (C=O) groups excluding carboxylic acids is 4. The summed E-state index contributed by atoms with van der Waals surface area (Å²) in [5.74, 6) is -1.27. The van der Waals surface area contributed by atoms with Gasteiger partial charge in [0.05, 0.1) is 18.6 Å². The maximum Gasteiger partial charge on any atom is 0.255 e. The third-order valence-electron chi connectivity index (χ3n) is 7.72. The summed E-state index contributed by atoms with van der Waals surface area (Å²) < 4.78 is 5.84. The Bertz CT molecular complexity index is 1240. The number of likely N-dealkylation sites (tertiary alicyclic amines) is 1. The highest BCUT2D eigenvalue weighted by atomic mass is 16.5. The SMILES string of the molecule is CC(C)C[C@H]1NC(=O)C[C@@H](C(=O)NCc2ccc(CN3CCCCC3)cc2)NC(=O)c2ccccc2OCCCNC1=O. The molecule has 0 saturated carbocycles. The normalized spacial score (nSPS) is 20.9. The van der Waals surface area contributed by atoms with Crippen molar-refractivity contribution in [2.45, 2.75) is 77.5 Å². The molecule has 43 heavy (non-hydrogen) atoms. The van der Waals surface area contributed by atoms with Gasteiger partial charge in [0.2, 0.25) is 17.7 Å². The van der Waals surface area contributed by atoms with Gasteiger partial charge in [-0.1, -0.05) is 56.7 Å². The van der Waals surface area contributed by atoms with Gasteiger partial charge in [-0.25, -0.2) is 0 Å². The number of carbonyl (C=O) groups is 4. The van der Waals surface area contributed by atoms with Gasteiger partial charge in [0.15, 0.2) is 0 Å². The number of amides is 4. The van der Waals surface area contributed by atoms with Gasteiger partial charge in [0.1, 0.15) is 17.8 Å². The molecular weight excluding hydrogens is 546 g/mol. The van der Waals surface area contributed by atoms with Crippen molar-refractivity contribution < 1.29 is 23.9 Å². The van der Waals surface area contributed by atoms with Crippen LogP contribution >= 0.6 is 0 Å². The van der Waals surface area contributed by atoms with E-state index >= 15 is 0 Å². The molecule has 2 aliphatic heterocycles. The van der Waals surface area contributed by atoms with Gasteiger partial charge < -0.3 is 26.0 Å². The van der Waals surface area contributed by atoms with E-state index in [4.69, 9.17) is 4.74 Å². The highest BCUT2D eigenvalue weighted by molar-refractivity contribution is 6.01. The molecule has 0 radical (unpaired) electrons. The fourth-order valence-electron chi connectivity index (χ4n) is 5.41. The minimum atomic E-state index is -1.16. The molecular formula is C33H45N5O5. The van der Waals surface area contributed by atoms with E-state index < -0.39 is 29.8 Å². The van der Waals surface area contributed by atoms with Crippen molar-refractivity contribution in [2.24, 2.45) is 5.92 Å². The van der Waals surface area contributed by atoms with E-state index in [0.29, 0.717) is 25.1 Å². The van der Waals surface area contributed by atoms with Crippen LogP contribution in [0.3, 0.4) is 0 Å². The number of benzene rings is 2. The second kappa shape index (κ2) is 16.1. The van der Waals surface area contributed by atoms with Crippen LogP contribution in [-0.4, -0.2) is 66.9 Å². The molecule has 2 aromatic rings. The molecule has 4 amide bonds. The number of nitrogens with zero attached hydrogens (tertiary/aromatic N) is 1. The Morgan fingerprint density at radius 3 is 2.42 bits per heavy atom. The summed E-state index contributed by atoms with van der Waals surface area (Å²) in [4.78, 5) is 55.2. The number of rotatable bonds is 7. The van der Waals surface area contributed by atoms with Crippen LogP contribution in [0.2, 0.25) is 0 Å². The molecule has 10 heteroatoms. The zero-order chi connectivity index (χ0) is 30.6. The van der Waals surface area contributed by atoms with Crippen LogP contribution in [0.4, 0.5) is 0 Å². The molecule has 2 aromatic carbocycles. The van der Waals surface area contributed by atoms with Crippen molar-refractivity contribution >= 4 is 23.6 Å². The molecule has 2 aliphatic rings. The molecule has 4 N–H and O–H groups in total. The van der Waals surface area contributed by atoms with Gasteiger partial charge in [-0.15, -0.1) is 0 Å². The number of piperidine rings is 1. The lowest BCUT2D eigenvalue weighted by Gasteiger charge is -2.26.